The molecule has 1 N–H and O–H groups in total. The summed E-state index contributed by atoms with van der Waals surface area (Å²) in [5.74, 6) is 1.33. The number of ether oxygens (including phenoxy) is 2. The third-order valence-corrected chi connectivity index (χ3v) is 4.94. The lowest BCUT2D eigenvalue weighted by Crippen LogP contribution is -2.14. The Morgan fingerprint density at radius 3 is 2.81 bits per heavy atom. The number of rotatable bonds is 6. The second-order valence-corrected chi connectivity index (χ2v) is 6.74. The van der Waals surface area contributed by atoms with E-state index in [4.69, 9.17) is 9.47 Å². The molecule has 0 spiro atoms. The van der Waals surface area contributed by atoms with Gasteiger partial charge < -0.3 is 14.8 Å². The van der Waals surface area contributed by atoms with E-state index >= 15 is 0 Å². The van der Waals surface area contributed by atoms with Gasteiger partial charge in [-0.2, -0.15) is 4.68 Å². The first-order valence-electron chi connectivity index (χ1n) is 8.43. The molecule has 0 radical (unpaired) electrons. The maximum absolute atomic E-state index is 12.3. The van der Waals surface area contributed by atoms with E-state index in [1.807, 2.05) is 24.3 Å². The number of nitrogens with zero attached hydrogens (tertiary/aromatic N) is 4. The number of hydrogen-bond acceptors (Lipinski definition) is 7. The molecule has 1 amide bonds. The topological polar surface area (TPSA) is 91.2 Å². The van der Waals surface area contributed by atoms with Crippen molar-refractivity contribution < 1.29 is 14.3 Å². The van der Waals surface area contributed by atoms with Crippen LogP contribution in [0.25, 0.3) is 5.69 Å². The highest BCUT2D eigenvalue weighted by Gasteiger charge is 2.15. The maximum Gasteiger partial charge on any atom is 0.234 e. The fraction of sp³-hybridized carbons (Fsp3) is 0.222. The van der Waals surface area contributed by atoms with Gasteiger partial charge in [0.2, 0.25) is 17.9 Å². The molecule has 8 nitrogen and oxygen atoms in total. The molecule has 1 aliphatic heterocycles. The van der Waals surface area contributed by atoms with Crippen LogP contribution in [0.5, 0.6) is 11.5 Å². The lowest BCUT2D eigenvalue weighted by molar-refractivity contribution is -0.113. The Hall–Kier alpha value is -3.07. The summed E-state index contributed by atoms with van der Waals surface area (Å²) in [6.07, 6.45) is 0.970. The van der Waals surface area contributed by atoms with Gasteiger partial charge in [-0.15, -0.1) is 5.10 Å². The average molecular weight is 383 g/mol. The van der Waals surface area contributed by atoms with Gasteiger partial charge in [0.1, 0.15) is 0 Å². The molecule has 0 saturated carbocycles. The zero-order valence-corrected chi connectivity index (χ0v) is 15.4. The van der Waals surface area contributed by atoms with Crippen molar-refractivity contribution in [2.24, 2.45) is 0 Å². The zero-order chi connectivity index (χ0) is 18.6. The number of aromatic nitrogens is 4. The van der Waals surface area contributed by atoms with Crippen molar-refractivity contribution in [1.82, 2.24) is 20.2 Å². The molecule has 0 aliphatic carbocycles. The van der Waals surface area contributed by atoms with Crippen LogP contribution in [0.1, 0.15) is 12.5 Å². The third-order valence-electron chi connectivity index (χ3n) is 4.02. The quantitative estimate of drug-likeness (QED) is 0.654. The van der Waals surface area contributed by atoms with E-state index in [1.54, 1.807) is 22.9 Å². The average Bonchev–Trinajstić information content (AvgIpc) is 3.35. The summed E-state index contributed by atoms with van der Waals surface area (Å²) in [5, 5.41) is 15.1. The van der Waals surface area contributed by atoms with E-state index in [1.165, 1.54) is 17.3 Å². The highest BCUT2D eigenvalue weighted by atomic mass is 32.2. The van der Waals surface area contributed by atoms with Gasteiger partial charge in [-0.3, -0.25) is 4.79 Å². The van der Waals surface area contributed by atoms with Gasteiger partial charge in [-0.05, 0) is 46.7 Å². The summed E-state index contributed by atoms with van der Waals surface area (Å²) in [4.78, 5) is 12.3. The summed E-state index contributed by atoms with van der Waals surface area (Å²) in [6.45, 7) is 2.30. The maximum atomic E-state index is 12.3. The molecule has 27 heavy (non-hydrogen) atoms. The van der Waals surface area contributed by atoms with Crippen LogP contribution in [0.2, 0.25) is 0 Å². The van der Waals surface area contributed by atoms with Crippen LogP contribution >= 0.6 is 11.8 Å². The lowest BCUT2D eigenvalue weighted by Gasteiger charge is -2.07. The Bertz CT molecular complexity index is 958. The van der Waals surface area contributed by atoms with Crippen molar-refractivity contribution in [1.29, 1.82) is 0 Å². The SMILES string of the molecule is CCc1ccc(-n2nnnc2SCC(=O)Nc2ccc3c(c2)OCO3)cc1. The Labute approximate surface area is 159 Å². The second-order valence-electron chi connectivity index (χ2n) is 5.80. The molecule has 9 heteroatoms. The molecule has 4 rings (SSSR count). The molecule has 2 aromatic carbocycles. The summed E-state index contributed by atoms with van der Waals surface area (Å²) < 4.78 is 12.2. The minimum absolute atomic E-state index is 0.158. The summed E-state index contributed by atoms with van der Waals surface area (Å²) in [6, 6.07) is 13.3. The summed E-state index contributed by atoms with van der Waals surface area (Å²) in [5.41, 5.74) is 2.75. The first kappa shape index (κ1) is 17.3. The highest BCUT2D eigenvalue weighted by Crippen LogP contribution is 2.34. The minimum atomic E-state index is -0.158. The van der Waals surface area contributed by atoms with Crippen LogP contribution in [0, 0.1) is 0 Å². The monoisotopic (exact) mass is 383 g/mol. The van der Waals surface area contributed by atoms with Crippen LogP contribution < -0.4 is 14.8 Å². The number of aryl methyl sites for hydroxylation is 1. The molecule has 0 fully saturated rings. The van der Waals surface area contributed by atoms with Crippen LogP contribution in [0.3, 0.4) is 0 Å². The molecular weight excluding hydrogens is 366 g/mol. The van der Waals surface area contributed by atoms with Crippen LogP contribution in [-0.2, 0) is 11.2 Å². The Morgan fingerprint density at radius 1 is 1.19 bits per heavy atom. The number of tetrazole rings is 1. The predicted molar refractivity (Wildman–Crippen MR) is 100 cm³/mol. The number of hydrogen-bond donors (Lipinski definition) is 1. The number of carbonyl (C=O) groups is 1. The molecule has 0 bridgehead atoms. The largest absolute Gasteiger partial charge is 0.454 e. The molecule has 2 heterocycles. The van der Waals surface area contributed by atoms with E-state index in [2.05, 4.69) is 27.8 Å². The molecule has 0 atom stereocenters. The Morgan fingerprint density at radius 2 is 2.00 bits per heavy atom. The van der Waals surface area contributed by atoms with Crippen molar-refractivity contribution in [2.75, 3.05) is 17.9 Å². The summed E-state index contributed by atoms with van der Waals surface area (Å²) >= 11 is 1.27. The highest BCUT2D eigenvalue weighted by molar-refractivity contribution is 7.99. The minimum Gasteiger partial charge on any atom is -0.454 e. The first-order valence-corrected chi connectivity index (χ1v) is 9.41. The van der Waals surface area contributed by atoms with Crippen molar-refractivity contribution in [2.45, 2.75) is 18.5 Å². The van der Waals surface area contributed by atoms with Gasteiger partial charge in [-0.1, -0.05) is 30.8 Å². The number of anilines is 1. The molecule has 138 valence electrons. The Kier molecular flexibility index (Phi) is 4.93. The standard InChI is InChI=1S/C18H17N5O3S/c1-2-12-3-6-14(7-4-12)23-18(20-21-22-23)27-10-17(24)19-13-5-8-15-16(9-13)26-11-25-15/h3-9H,2,10-11H2,1H3,(H,19,24). The van der Waals surface area contributed by atoms with E-state index < -0.39 is 0 Å². The predicted octanol–water partition coefficient (Wildman–Crippen LogP) is 2.68. The number of nitrogens with one attached hydrogen (secondary N) is 1. The van der Waals surface area contributed by atoms with Crippen molar-refractivity contribution in [3.8, 4) is 17.2 Å². The van der Waals surface area contributed by atoms with E-state index in [-0.39, 0.29) is 18.5 Å². The molecule has 1 aromatic heterocycles. The number of thioether (sulfide) groups is 1. The van der Waals surface area contributed by atoms with Gasteiger partial charge in [0.05, 0.1) is 11.4 Å². The number of fused-ring (bicyclic) bond motifs is 1. The van der Waals surface area contributed by atoms with E-state index in [0.717, 1.165) is 12.1 Å². The first-order chi connectivity index (χ1) is 13.2. The van der Waals surface area contributed by atoms with Gasteiger partial charge in [-0.25, -0.2) is 0 Å². The molecular formula is C18H17N5O3S. The number of amides is 1. The third kappa shape index (κ3) is 3.87. The summed E-state index contributed by atoms with van der Waals surface area (Å²) in [7, 11) is 0. The van der Waals surface area contributed by atoms with Crippen molar-refractivity contribution in [3.05, 3.63) is 48.0 Å². The van der Waals surface area contributed by atoms with Gasteiger partial charge in [0.15, 0.2) is 11.5 Å². The second kappa shape index (κ2) is 7.67. The van der Waals surface area contributed by atoms with Crippen LogP contribution in [0.15, 0.2) is 47.6 Å². The van der Waals surface area contributed by atoms with E-state index in [0.29, 0.717) is 22.3 Å². The molecule has 3 aromatic rings. The number of benzene rings is 2. The fourth-order valence-corrected chi connectivity index (χ4v) is 3.30. The molecule has 0 saturated heterocycles. The van der Waals surface area contributed by atoms with Gasteiger partial charge in [0.25, 0.3) is 0 Å². The Balaban J connectivity index is 1.39. The van der Waals surface area contributed by atoms with E-state index in [9.17, 15) is 4.79 Å². The van der Waals surface area contributed by atoms with Gasteiger partial charge in [0, 0.05) is 11.8 Å². The van der Waals surface area contributed by atoms with Gasteiger partial charge >= 0.3 is 0 Å². The lowest BCUT2D eigenvalue weighted by atomic mass is 10.1. The van der Waals surface area contributed by atoms with Crippen LogP contribution in [-0.4, -0.2) is 38.7 Å². The molecule has 1 aliphatic rings. The van der Waals surface area contributed by atoms with Crippen LogP contribution in [0.4, 0.5) is 5.69 Å². The van der Waals surface area contributed by atoms with Crippen molar-refractivity contribution >= 4 is 23.4 Å². The fourth-order valence-electron chi connectivity index (χ4n) is 2.61. The zero-order valence-electron chi connectivity index (χ0n) is 14.6. The number of carbonyl (C=O) groups excluding carboxylic acids is 1. The molecule has 0 unspecified atom stereocenters. The smallest absolute Gasteiger partial charge is 0.234 e. The van der Waals surface area contributed by atoms with Crippen molar-refractivity contribution in [3.63, 3.8) is 0 Å². The normalized spacial score (nSPS) is 12.2.